The standard InChI is InChI=1S/C12H9NO5/c1-17-11(15)9-6-18-13-10(14)7-4-2-3-5-8(7)12(9,13)16/h2-6,16H,1H3. The summed E-state index contributed by atoms with van der Waals surface area (Å²) in [7, 11) is 1.19. The van der Waals surface area contributed by atoms with Crippen LogP contribution in [0.3, 0.4) is 0 Å². The van der Waals surface area contributed by atoms with Crippen molar-refractivity contribution in [1.82, 2.24) is 5.06 Å². The number of rotatable bonds is 1. The molecule has 0 spiro atoms. The summed E-state index contributed by atoms with van der Waals surface area (Å²) >= 11 is 0. The van der Waals surface area contributed by atoms with Crippen molar-refractivity contribution in [2.24, 2.45) is 0 Å². The van der Waals surface area contributed by atoms with E-state index >= 15 is 0 Å². The van der Waals surface area contributed by atoms with Gasteiger partial charge in [0.25, 0.3) is 5.91 Å². The van der Waals surface area contributed by atoms with Gasteiger partial charge >= 0.3 is 5.97 Å². The SMILES string of the molecule is COC(=O)C1=CON2C(=O)c3ccccc3C12O. The molecule has 0 aromatic heterocycles. The van der Waals surface area contributed by atoms with Gasteiger partial charge in [0.15, 0.2) is 0 Å². The Hall–Kier alpha value is -2.34. The van der Waals surface area contributed by atoms with Gasteiger partial charge in [-0.25, -0.2) is 4.79 Å². The molecule has 0 fully saturated rings. The number of methoxy groups -OCH3 is 1. The second-order valence-corrected chi connectivity index (χ2v) is 3.95. The summed E-state index contributed by atoms with van der Waals surface area (Å²) in [6.07, 6.45) is 1.03. The van der Waals surface area contributed by atoms with Crippen molar-refractivity contribution in [3.05, 3.63) is 47.2 Å². The number of benzene rings is 1. The highest BCUT2D eigenvalue weighted by molar-refractivity contribution is 6.03. The molecule has 1 unspecified atom stereocenters. The highest BCUT2D eigenvalue weighted by Crippen LogP contribution is 2.46. The zero-order valence-corrected chi connectivity index (χ0v) is 9.41. The molecule has 92 valence electrons. The molecule has 0 bridgehead atoms. The average Bonchev–Trinajstić information content (AvgIpc) is 2.84. The fraction of sp³-hybridized carbons (Fsp3) is 0.167. The molecule has 1 aromatic carbocycles. The third-order valence-electron chi connectivity index (χ3n) is 3.07. The molecule has 0 aliphatic carbocycles. The van der Waals surface area contributed by atoms with Gasteiger partial charge in [-0.2, -0.15) is 0 Å². The largest absolute Gasteiger partial charge is 0.465 e. The molecule has 1 N–H and O–H groups in total. The van der Waals surface area contributed by atoms with Crippen molar-refractivity contribution in [2.45, 2.75) is 5.72 Å². The number of hydrogen-bond donors (Lipinski definition) is 1. The lowest BCUT2D eigenvalue weighted by atomic mass is 9.95. The second kappa shape index (κ2) is 3.33. The number of amides is 1. The Kier molecular flexibility index (Phi) is 2.00. The van der Waals surface area contributed by atoms with E-state index < -0.39 is 17.6 Å². The van der Waals surface area contributed by atoms with Gasteiger partial charge in [-0.15, -0.1) is 5.06 Å². The van der Waals surface area contributed by atoms with Crippen molar-refractivity contribution in [3.8, 4) is 0 Å². The van der Waals surface area contributed by atoms with Gasteiger partial charge in [0.1, 0.15) is 11.8 Å². The smallest absolute Gasteiger partial charge is 0.342 e. The van der Waals surface area contributed by atoms with E-state index in [-0.39, 0.29) is 5.57 Å². The van der Waals surface area contributed by atoms with Crippen molar-refractivity contribution < 1.29 is 24.3 Å². The molecule has 2 aliphatic rings. The number of esters is 1. The first kappa shape index (κ1) is 10.8. The first-order valence-electron chi connectivity index (χ1n) is 5.23. The van der Waals surface area contributed by atoms with Crippen molar-refractivity contribution in [3.63, 3.8) is 0 Å². The topological polar surface area (TPSA) is 76.1 Å². The quantitative estimate of drug-likeness (QED) is 0.722. The van der Waals surface area contributed by atoms with Crippen molar-refractivity contribution >= 4 is 11.9 Å². The highest BCUT2D eigenvalue weighted by atomic mass is 16.7. The second-order valence-electron chi connectivity index (χ2n) is 3.95. The maximum atomic E-state index is 12.0. The van der Waals surface area contributed by atoms with E-state index in [1.807, 2.05) is 0 Å². The Bertz CT molecular complexity index is 594. The molecular weight excluding hydrogens is 238 g/mol. The Balaban J connectivity index is 2.20. The van der Waals surface area contributed by atoms with Gasteiger partial charge in [0.2, 0.25) is 5.72 Å². The van der Waals surface area contributed by atoms with Gasteiger partial charge in [-0.3, -0.25) is 4.79 Å². The van der Waals surface area contributed by atoms with Gasteiger partial charge < -0.3 is 14.7 Å². The van der Waals surface area contributed by atoms with Crippen LogP contribution in [0.4, 0.5) is 0 Å². The average molecular weight is 247 g/mol. The van der Waals surface area contributed by atoms with Gasteiger partial charge in [0.05, 0.1) is 12.7 Å². The van der Waals surface area contributed by atoms with Crippen molar-refractivity contribution in [2.75, 3.05) is 7.11 Å². The third-order valence-corrected chi connectivity index (χ3v) is 3.07. The van der Waals surface area contributed by atoms with E-state index in [1.54, 1.807) is 24.3 Å². The predicted molar refractivity (Wildman–Crippen MR) is 57.7 cm³/mol. The number of aliphatic hydroxyl groups is 1. The van der Waals surface area contributed by atoms with Crippen LogP contribution in [-0.4, -0.2) is 29.2 Å². The number of nitrogens with zero attached hydrogens (tertiary/aromatic N) is 1. The molecule has 0 radical (unpaired) electrons. The number of fused-ring (bicyclic) bond motifs is 3. The van der Waals surface area contributed by atoms with E-state index in [2.05, 4.69) is 4.74 Å². The fourth-order valence-electron chi connectivity index (χ4n) is 2.21. The molecule has 0 saturated heterocycles. The van der Waals surface area contributed by atoms with Crippen LogP contribution in [0, 0.1) is 0 Å². The molecule has 2 heterocycles. The van der Waals surface area contributed by atoms with Crippen LogP contribution < -0.4 is 0 Å². The molecule has 6 heteroatoms. The highest BCUT2D eigenvalue weighted by Gasteiger charge is 2.58. The summed E-state index contributed by atoms with van der Waals surface area (Å²) < 4.78 is 4.57. The first-order valence-corrected chi connectivity index (χ1v) is 5.23. The van der Waals surface area contributed by atoms with Crippen LogP contribution in [0.15, 0.2) is 36.1 Å². The summed E-state index contributed by atoms with van der Waals surface area (Å²) in [5.74, 6) is -1.24. The molecule has 18 heavy (non-hydrogen) atoms. The Morgan fingerprint density at radius 1 is 1.44 bits per heavy atom. The van der Waals surface area contributed by atoms with E-state index in [9.17, 15) is 14.7 Å². The molecular formula is C12H9NO5. The van der Waals surface area contributed by atoms with E-state index in [1.165, 1.54) is 7.11 Å². The lowest BCUT2D eigenvalue weighted by molar-refractivity contribution is -0.187. The lowest BCUT2D eigenvalue weighted by Gasteiger charge is -2.25. The Morgan fingerprint density at radius 3 is 2.89 bits per heavy atom. The van der Waals surface area contributed by atoms with Gasteiger partial charge in [0, 0.05) is 5.56 Å². The summed E-state index contributed by atoms with van der Waals surface area (Å²) in [6.45, 7) is 0. The lowest BCUT2D eigenvalue weighted by Crippen LogP contribution is -2.42. The number of carbonyl (C=O) groups excluding carboxylic acids is 2. The minimum Gasteiger partial charge on any atom is -0.465 e. The van der Waals surface area contributed by atoms with E-state index in [4.69, 9.17) is 4.84 Å². The molecule has 2 aliphatic heterocycles. The van der Waals surface area contributed by atoms with Crippen LogP contribution in [0.2, 0.25) is 0 Å². The van der Waals surface area contributed by atoms with Crippen molar-refractivity contribution in [1.29, 1.82) is 0 Å². The number of carbonyl (C=O) groups is 2. The summed E-state index contributed by atoms with van der Waals surface area (Å²) in [6, 6.07) is 6.47. The zero-order valence-electron chi connectivity index (χ0n) is 9.41. The summed E-state index contributed by atoms with van der Waals surface area (Å²) in [5, 5.41) is 11.4. The van der Waals surface area contributed by atoms with Crippen LogP contribution in [0.5, 0.6) is 0 Å². The van der Waals surface area contributed by atoms with Crippen LogP contribution in [0.1, 0.15) is 15.9 Å². The number of ether oxygens (including phenoxy) is 1. The van der Waals surface area contributed by atoms with E-state index in [0.29, 0.717) is 11.1 Å². The summed E-state index contributed by atoms with van der Waals surface area (Å²) in [5.41, 5.74) is -1.41. The maximum Gasteiger partial charge on any atom is 0.342 e. The summed E-state index contributed by atoms with van der Waals surface area (Å²) in [4.78, 5) is 28.6. The minimum absolute atomic E-state index is 0.122. The maximum absolute atomic E-state index is 12.0. The first-order chi connectivity index (χ1) is 8.60. The Labute approximate surface area is 102 Å². The van der Waals surface area contributed by atoms with Gasteiger partial charge in [-0.05, 0) is 6.07 Å². The minimum atomic E-state index is -1.90. The monoisotopic (exact) mass is 247 g/mol. The van der Waals surface area contributed by atoms with Crippen LogP contribution >= 0.6 is 0 Å². The third kappa shape index (κ3) is 1.05. The fourth-order valence-corrected chi connectivity index (χ4v) is 2.21. The van der Waals surface area contributed by atoms with Gasteiger partial charge in [-0.1, -0.05) is 18.2 Å². The molecule has 1 atom stereocenters. The Morgan fingerprint density at radius 2 is 2.17 bits per heavy atom. The normalized spacial score (nSPS) is 24.2. The zero-order chi connectivity index (χ0) is 12.9. The van der Waals surface area contributed by atoms with Crippen LogP contribution in [-0.2, 0) is 20.1 Å². The van der Waals surface area contributed by atoms with Crippen LogP contribution in [0.25, 0.3) is 0 Å². The number of hydroxylamine groups is 2. The number of hydrogen-bond acceptors (Lipinski definition) is 5. The predicted octanol–water partition coefficient (Wildman–Crippen LogP) is 0.290. The van der Waals surface area contributed by atoms with E-state index in [0.717, 1.165) is 11.3 Å². The molecule has 0 saturated carbocycles. The molecule has 1 aromatic rings. The molecule has 3 rings (SSSR count). The molecule has 1 amide bonds. The molecule has 6 nitrogen and oxygen atoms in total.